The van der Waals surface area contributed by atoms with Gasteiger partial charge in [-0.3, -0.25) is 9.78 Å². The van der Waals surface area contributed by atoms with Gasteiger partial charge in [0.2, 0.25) is 0 Å². The number of carbonyl (C=O) groups is 1. The number of hydrogen-bond donors (Lipinski definition) is 1. The van der Waals surface area contributed by atoms with Gasteiger partial charge in [0.05, 0.1) is 23.4 Å². The highest BCUT2D eigenvalue weighted by Crippen LogP contribution is 2.37. The number of aromatic nitrogens is 2. The third-order valence-electron chi connectivity index (χ3n) is 7.13. The van der Waals surface area contributed by atoms with Crippen LogP contribution in [-0.4, -0.2) is 61.8 Å². The summed E-state index contributed by atoms with van der Waals surface area (Å²) in [6.45, 7) is 10.9. The number of fused-ring (bicyclic) bond motifs is 1. The molecule has 8 heteroatoms. The Kier molecular flexibility index (Phi) is 7.65. The minimum atomic E-state index is -2.04. The molecule has 1 aliphatic carbocycles. The highest BCUT2D eigenvalue weighted by molar-refractivity contribution is 6.74. The molecule has 1 N–H and O–H groups in total. The number of halogens is 1. The van der Waals surface area contributed by atoms with E-state index in [1.54, 1.807) is 12.3 Å². The maximum Gasteiger partial charge on any atom is 0.192 e. The summed E-state index contributed by atoms with van der Waals surface area (Å²) in [4.78, 5) is 24.6. The smallest absolute Gasteiger partial charge is 0.192 e. The van der Waals surface area contributed by atoms with Crippen molar-refractivity contribution in [3.05, 3.63) is 29.0 Å². The van der Waals surface area contributed by atoms with Crippen molar-refractivity contribution in [2.24, 2.45) is 0 Å². The van der Waals surface area contributed by atoms with Crippen molar-refractivity contribution in [1.82, 2.24) is 14.9 Å². The Morgan fingerprint density at radius 3 is 2.47 bits per heavy atom. The number of carbonyl (C=O) groups excluding carboxylic acids is 1. The van der Waals surface area contributed by atoms with Crippen molar-refractivity contribution in [1.29, 1.82) is 0 Å². The molecule has 1 fully saturated rings. The predicted octanol–water partition coefficient (Wildman–Crippen LogP) is 5.77. The number of nitrogens with zero attached hydrogens (tertiary/aromatic N) is 3. The van der Waals surface area contributed by atoms with Crippen LogP contribution in [-0.2, 0) is 4.43 Å². The van der Waals surface area contributed by atoms with Crippen molar-refractivity contribution in [3.8, 4) is 0 Å². The van der Waals surface area contributed by atoms with Crippen LogP contribution < -0.4 is 5.32 Å². The summed E-state index contributed by atoms with van der Waals surface area (Å²) in [5.41, 5.74) is 2.63. The molecule has 0 radical (unpaired) electrons. The van der Waals surface area contributed by atoms with Gasteiger partial charge in [-0.2, -0.15) is 0 Å². The maximum absolute atomic E-state index is 13.3. The zero-order valence-electron chi connectivity index (χ0n) is 20.5. The van der Waals surface area contributed by atoms with Crippen LogP contribution >= 0.6 is 11.6 Å². The fourth-order valence-electron chi connectivity index (χ4n) is 3.88. The normalized spacial score (nSPS) is 20.0. The number of hydrogen-bond acceptors (Lipinski definition) is 6. The molecule has 1 saturated carbocycles. The first-order valence-electron chi connectivity index (χ1n) is 11.4. The molecular weight excluding hydrogens is 440 g/mol. The van der Waals surface area contributed by atoms with Gasteiger partial charge in [-0.05, 0) is 70.0 Å². The van der Waals surface area contributed by atoms with Gasteiger partial charge in [0.25, 0.3) is 0 Å². The van der Waals surface area contributed by atoms with Gasteiger partial charge >= 0.3 is 0 Å². The van der Waals surface area contributed by atoms with Gasteiger partial charge in [-0.1, -0.05) is 32.4 Å². The van der Waals surface area contributed by atoms with Crippen molar-refractivity contribution in [3.63, 3.8) is 0 Å². The second kappa shape index (κ2) is 9.75. The average Bonchev–Trinajstić information content (AvgIpc) is 2.72. The van der Waals surface area contributed by atoms with Crippen LogP contribution in [0.2, 0.25) is 23.3 Å². The van der Waals surface area contributed by atoms with Gasteiger partial charge in [0.15, 0.2) is 14.1 Å². The van der Waals surface area contributed by atoms with E-state index in [1.165, 1.54) is 0 Å². The molecule has 2 aromatic heterocycles. The van der Waals surface area contributed by atoms with E-state index in [1.807, 2.05) is 6.07 Å². The Morgan fingerprint density at radius 2 is 1.88 bits per heavy atom. The van der Waals surface area contributed by atoms with Crippen LogP contribution in [0.1, 0.15) is 56.8 Å². The number of rotatable bonds is 7. The number of ketones is 1. The Hall–Kier alpha value is -1.54. The number of nitrogens with one attached hydrogen (secondary N) is 1. The summed E-state index contributed by atoms with van der Waals surface area (Å²) in [5.74, 6) is -0.0736. The summed E-state index contributed by atoms with van der Waals surface area (Å²) in [6.07, 6.45) is 5.99. The van der Waals surface area contributed by atoms with Gasteiger partial charge in [-0.15, -0.1) is 0 Å². The molecule has 0 spiro atoms. The molecule has 0 aliphatic heterocycles. The average molecular weight is 477 g/mol. The highest BCUT2D eigenvalue weighted by Gasteiger charge is 2.38. The van der Waals surface area contributed by atoms with E-state index in [4.69, 9.17) is 16.0 Å². The lowest BCUT2D eigenvalue weighted by Gasteiger charge is -2.36. The topological polar surface area (TPSA) is 67.4 Å². The molecule has 0 amide bonds. The van der Waals surface area contributed by atoms with Crippen molar-refractivity contribution in [2.45, 2.75) is 76.7 Å². The molecule has 176 valence electrons. The maximum atomic E-state index is 13.3. The second-order valence-electron chi connectivity index (χ2n) is 10.6. The summed E-state index contributed by atoms with van der Waals surface area (Å²) in [7, 11) is 2.23. The fraction of sp³-hybridized carbons (Fsp3) is 0.625. The fourth-order valence-corrected chi connectivity index (χ4v) is 4.95. The monoisotopic (exact) mass is 476 g/mol. The van der Waals surface area contributed by atoms with Crippen molar-refractivity contribution in [2.75, 3.05) is 26.0 Å². The number of anilines is 1. The van der Waals surface area contributed by atoms with E-state index in [-0.39, 0.29) is 23.5 Å². The van der Waals surface area contributed by atoms with Crippen LogP contribution in [0.3, 0.4) is 0 Å². The molecule has 2 heterocycles. The SMILES string of the molecule is CN(C)C1CCC(Nc2c(C(=O)CO[Si](C)(C)C(C)(C)C)cnc3ccc(Cl)nc23)CC1. The van der Waals surface area contributed by atoms with Crippen LogP contribution in [0.5, 0.6) is 0 Å². The van der Waals surface area contributed by atoms with E-state index in [0.717, 1.165) is 36.9 Å². The lowest BCUT2D eigenvalue weighted by Crippen LogP contribution is -2.42. The first-order chi connectivity index (χ1) is 14.9. The number of pyridine rings is 2. The molecule has 0 atom stereocenters. The third-order valence-corrected chi connectivity index (χ3v) is 11.8. The van der Waals surface area contributed by atoms with Crippen LogP contribution in [0.4, 0.5) is 5.69 Å². The van der Waals surface area contributed by atoms with Crippen molar-refractivity contribution >= 4 is 42.4 Å². The molecule has 6 nitrogen and oxygen atoms in total. The first kappa shape index (κ1) is 25.1. The standard InChI is InChI=1S/C24H37ClN4O2Si/c1-24(2,3)32(6,7)31-15-20(30)18-14-26-19-12-13-21(25)28-23(19)22(18)27-16-8-10-17(11-9-16)29(4)5/h12-14,16-17H,8-11,15H2,1-7H3,(H,26,27). The van der Waals surface area contributed by atoms with Crippen LogP contribution in [0, 0.1) is 0 Å². The molecule has 0 bridgehead atoms. The van der Waals surface area contributed by atoms with E-state index in [9.17, 15) is 4.79 Å². The van der Waals surface area contributed by atoms with Gasteiger partial charge in [0.1, 0.15) is 10.7 Å². The quantitative estimate of drug-likeness (QED) is 0.310. The van der Waals surface area contributed by atoms with Crippen LogP contribution in [0.15, 0.2) is 18.3 Å². The summed E-state index contributed by atoms with van der Waals surface area (Å²) < 4.78 is 6.21. The molecule has 0 unspecified atom stereocenters. The molecular formula is C24H37ClN4O2Si. The first-order valence-corrected chi connectivity index (χ1v) is 14.7. The summed E-state index contributed by atoms with van der Waals surface area (Å²) in [6, 6.07) is 4.46. The second-order valence-corrected chi connectivity index (χ2v) is 15.8. The van der Waals surface area contributed by atoms with E-state index in [2.05, 4.69) is 68.1 Å². The van der Waals surface area contributed by atoms with Crippen LogP contribution in [0.25, 0.3) is 11.0 Å². The number of Topliss-reactive ketones (excluding diaryl/α,β-unsaturated/α-hetero) is 1. The summed E-state index contributed by atoms with van der Waals surface area (Å²) >= 11 is 6.21. The Morgan fingerprint density at radius 1 is 1.22 bits per heavy atom. The Bertz CT molecular complexity index is 966. The molecule has 0 aromatic carbocycles. The predicted molar refractivity (Wildman–Crippen MR) is 135 cm³/mol. The largest absolute Gasteiger partial charge is 0.409 e. The molecule has 2 aromatic rings. The highest BCUT2D eigenvalue weighted by atomic mass is 35.5. The Balaban J connectivity index is 1.88. The molecule has 32 heavy (non-hydrogen) atoms. The lowest BCUT2D eigenvalue weighted by molar-refractivity contribution is 0.0911. The molecule has 1 aliphatic rings. The zero-order valence-corrected chi connectivity index (χ0v) is 22.2. The van der Waals surface area contributed by atoms with Gasteiger partial charge in [-0.25, -0.2) is 4.98 Å². The summed E-state index contributed by atoms with van der Waals surface area (Å²) in [5, 5.41) is 4.07. The zero-order chi connectivity index (χ0) is 23.7. The minimum Gasteiger partial charge on any atom is -0.409 e. The third kappa shape index (κ3) is 5.68. The lowest BCUT2D eigenvalue weighted by atomic mass is 9.90. The Labute approximate surface area is 198 Å². The van der Waals surface area contributed by atoms with E-state index in [0.29, 0.717) is 22.3 Å². The van der Waals surface area contributed by atoms with Gasteiger partial charge < -0.3 is 14.6 Å². The molecule has 3 rings (SSSR count). The molecule has 0 saturated heterocycles. The van der Waals surface area contributed by atoms with E-state index < -0.39 is 8.32 Å². The minimum absolute atomic E-state index is 0.0378. The van der Waals surface area contributed by atoms with Gasteiger partial charge in [0, 0.05) is 18.3 Å². The van der Waals surface area contributed by atoms with Crippen molar-refractivity contribution < 1.29 is 9.22 Å². The van der Waals surface area contributed by atoms with E-state index >= 15 is 0 Å².